The molecule has 1 aromatic heterocycles. The van der Waals surface area contributed by atoms with Crippen molar-refractivity contribution in [3.8, 4) is 0 Å². The first kappa shape index (κ1) is 15.2. The minimum atomic E-state index is -0.341. The SMILES string of the molecule is CCn1cc(CCN2C[C@H](O)C[C@@H]2c2cccc(F)c2)cn1. The lowest BCUT2D eigenvalue weighted by Gasteiger charge is -2.24. The Hall–Kier alpha value is -1.72. The number of halogens is 1. The third-order valence-electron chi connectivity index (χ3n) is 4.31. The normalized spacial score (nSPS) is 22.3. The van der Waals surface area contributed by atoms with Gasteiger partial charge in [-0.15, -0.1) is 0 Å². The third-order valence-corrected chi connectivity index (χ3v) is 4.31. The van der Waals surface area contributed by atoms with Crippen molar-refractivity contribution in [2.24, 2.45) is 0 Å². The molecule has 1 fully saturated rings. The van der Waals surface area contributed by atoms with Gasteiger partial charge < -0.3 is 5.11 Å². The van der Waals surface area contributed by atoms with Crippen LogP contribution in [0.25, 0.3) is 0 Å². The van der Waals surface area contributed by atoms with Gasteiger partial charge in [-0.1, -0.05) is 12.1 Å². The van der Waals surface area contributed by atoms with Gasteiger partial charge in [-0.25, -0.2) is 4.39 Å². The van der Waals surface area contributed by atoms with E-state index in [1.807, 2.05) is 16.9 Å². The summed E-state index contributed by atoms with van der Waals surface area (Å²) in [6, 6.07) is 6.79. The number of aryl methyl sites for hydroxylation is 1. The number of hydrogen-bond donors (Lipinski definition) is 1. The molecule has 5 heteroatoms. The van der Waals surface area contributed by atoms with Gasteiger partial charge in [0, 0.05) is 31.9 Å². The lowest BCUT2D eigenvalue weighted by molar-refractivity contribution is 0.175. The summed E-state index contributed by atoms with van der Waals surface area (Å²) < 4.78 is 15.4. The molecule has 0 bridgehead atoms. The maximum Gasteiger partial charge on any atom is 0.123 e. The van der Waals surface area contributed by atoms with E-state index in [0.29, 0.717) is 13.0 Å². The molecule has 1 saturated heterocycles. The maximum absolute atomic E-state index is 13.4. The molecule has 4 nitrogen and oxygen atoms in total. The van der Waals surface area contributed by atoms with Gasteiger partial charge >= 0.3 is 0 Å². The summed E-state index contributed by atoms with van der Waals surface area (Å²) in [6.45, 7) is 4.42. The van der Waals surface area contributed by atoms with Crippen LogP contribution in [0, 0.1) is 5.82 Å². The topological polar surface area (TPSA) is 41.3 Å². The van der Waals surface area contributed by atoms with Gasteiger partial charge in [0.1, 0.15) is 5.82 Å². The molecule has 0 amide bonds. The molecule has 1 aromatic carbocycles. The average Bonchev–Trinajstić information content (AvgIpc) is 3.11. The molecule has 2 atom stereocenters. The van der Waals surface area contributed by atoms with E-state index >= 15 is 0 Å². The molecule has 0 radical (unpaired) electrons. The van der Waals surface area contributed by atoms with E-state index in [1.54, 1.807) is 12.1 Å². The fraction of sp³-hybridized carbons (Fsp3) is 0.471. The highest BCUT2D eigenvalue weighted by atomic mass is 19.1. The summed E-state index contributed by atoms with van der Waals surface area (Å²) in [7, 11) is 0. The van der Waals surface area contributed by atoms with Crippen molar-refractivity contribution in [3.63, 3.8) is 0 Å². The predicted molar refractivity (Wildman–Crippen MR) is 82.9 cm³/mol. The number of nitrogens with zero attached hydrogens (tertiary/aromatic N) is 3. The van der Waals surface area contributed by atoms with Crippen molar-refractivity contribution >= 4 is 0 Å². The molecule has 1 aliphatic rings. The van der Waals surface area contributed by atoms with Crippen molar-refractivity contribution in [2.75, 3.05) is 13.1 Å². The van der Waals surface area contributed by atoms with Gasteiger partial charge in [-0.05, 0) is 43.0 Å². The van der Waals surface area contributed by atoms with E-state index < -0.39 is 0 Å². The van der Waals surface area contributed by atoms with Crippen LogP contribution in [0.1, 0.15) is 30.5 Å². The number of aliphatic hydroxyl groups is 1. The van der Waals surface area contributed by atoms with Crippen molar-refractivity contribution in [1.29, 1.82) is 0 Å². The fourth-order valence-corrected chi connectivity index (χ4v) is 3.17. The van der Waals surface area contributed by atoms with Crippen LogP contribution < -0.4 is 0 Å². The number of aromatic nitrogens is 2. The Morgan fingerprint density at radius 2 is 2.27 bits per heavy atom. The average molecular weight is 303 g/mol. The van der Waals surface area contributed by atoms with E-state index in [1.165, 1.54) is 11.6 Å². The Kier molecular flexibility index (Phi) is 4.55. The van der Waals surface area contributed by atoms with Crippen LogP contribution in [0.5, 0.6) is 0 Å². The van der Waals surface area contributed by atoms with E-state index in [9.17, 15) is 9.50 Å². The first-order valence-electron chi connectivity index (χ1n) is 7.84. The standard InChI is InChI=1S/C17H22FN3O/c1-2-21-11-13(10-19-21)6-7-20-12-16(22)9-17(20)14-4-3-5-15(18)8-14/h3-5,8,10-11,16-17,22H,2,6-7,9,12H2,1H3/t16-,17-/m1/s1. The second-order valence-corrected chi connectivity index (χ2v) is 5.91. The molecule has 118 valence electrons. The van der Waals surface area contributed by atoms with Crippen molar-refractivity contribution in [1.82, 2.24) is 14.7 Å². The van der Waals surface area contributed by atoms with Gasteiger partial charge in [0.15, 0.2) is 0 Å². The van der Waals surface area contributed by atoms with Crippen LogP contribution in [0.2, 0.25) is 0 Å². The molecule has 0 aliphatic carbocycles. The zero-order chi connectivity index (χ0) is 15.5. The largest absolute Gasteiger partial charge is 0.392 e. The first-order chi connectivity index (χ1) is 10.7. The predicted octanol–water partition coefficient (Wildman–Crippen LogP) is 2.39. The summed E-state index contributed by atoms with van der Waals surface area (Å²) >= 11 is 0. The number of β-amino-alcohol motifs (C(OH)–C–C–N with tert-alkyl or cyclic N) is 1. The first-order valence-corrected chi connectivity index (χ1v) is 7.84. The van der Waals surface area contributed by atoms with Gasteiger partial charge in [0.25, 0.3) is 0 Å². The molecule has 0 spiro atoms. The van der Waals surface area contributed by atoms with E-state index in [-0.39, 0.29) is 18.0 Å². The second kappa shape index (κ2) is 6.58. The highest BCUT2D eigenvalue weighted by molar-refractivity contribution is 5.22. The fourth-order valence-electron chi connectivity index (χ4n) is 3.17. The molecule has 1 N–H and O–H groups in total. The van der Waals surface area contributed by atoms with Crippen LogP contribution >= 0.6 is 0 Å². The number of benzene rings is 1. The highest BCUT2D eigenvalue weighted by Crippen LogP contribution is 2.32. The monoisotopic (exact) mass is 303 g/mol. The molecule has 0 unspecified atom stereocenters. The lowest BCUT2D eigenvalue weighted by atomic mass is 10.0. The number of rotatable bonds is 5. The van der Waals surface area contributed by atoms with Crippen molar-refractivity contribution in [3.05, 3.63) is 53.6 Å². The Bertz CT molecular complexity index is 628. The molecule has 2 heterocycles. The minimum Gasteiger partial charge on any atom is -0.392 e. The van der Waals surface area contributed by atoms with Gasteiger partial charge in [0.05, 0.1) is 12.3 Å². The van der Waals surface area contributed by atoms with Crippen LogP contribution in [0.15, 0.2) is 36.7 Å². The molecule has 1 aliphatic heterocycles. The van der Waals surface area contributed by atoms with E-state index in [4.69, 9.17) is 0 Å². The van der Waals surface area contributed by atoms with E-state index in [0.717, 1.165) is 25.1 Å². The molecule has 22 heavy (non-hydrogen) atoms. The van der Waals surface area contributed by atoms with Crippen LogP contribution in [0.4, 0.5) is 4.39 Å². The molecule has 2 aromatic rings. The maximum atomic E-state index is 13.4. The molecular weight excluding hydrogens is 281 g/mol. The zero-order valence-corrected chi connectivity index (χ0v) is 12.8. The lowest BCUT2D eigenvalue weighted by Crippen LogP contribution is -2.27. The summed E-state index contributed by atoms with van der Waals surface area (Å²) in [5.41, 5.74) is 2.14. The van der Waals surface area contributed by atoms with Gasteiger partial charge in [-0.3, -0.25) is 9.58 Å². The number of hydrogen-bond acceptors (Lipinski definition) is 3. The summed E-state index contributed by atoms with van der Waals surface area (Å²) in [6.07, 6.45) is 5.17. The Balaban J connectivity index is 1.68. The van der Waals surface area contributed by atoms with E-state index in [2.05, 4.69) is 23.1 Å². The number of likely N-dealkylation sites (tertiary alicyclic amines) is 1. The van der Waals surface area contributed by atoms with Crippen LogP contribution in [-0.4, -0.2) is 39.0 Å². The van der Waals surface area contributed by atoms with Gasteiger partial charge in [-0.2, -0.15) is 5.10 Å². The summed E-state index contributed by atoms with van der Waals surface area (Å²) in [4.78, 5) is 2.24. The van der Waals surface area contributed by atoms with Crippen LogP contribution in [0.3, 0.4) is 0 Å². The molecular formula is C17H22FN3O. The summed E-state index contributed by atoms with van der Waals surface area (Å²) in [5.74, 6) is -0.219. The quantitative estimate of drug-likeness (QED) is 0.922. The molecule has 0 saturated carbocycles. The zero-order valence-electron chi connectivity index (χ0n) is 12.8. The minimum absolute atomic E-state index is 0.0897. The smallest absolute Gasteiger partial charge is 0.123 e. The third kappa shape index (κ3) is 3.36. The molecule has 3 rings (SSSR count). The van der Waals surface area contributed by atoms with Crippen molar-refractivity contribution < 1.29 is 9.50 Å². The second-order valence-electron chi connectivity index (χ2n) is 5.91. The highest BCUT2D eigenvalue weighted by Gasteiger charge is 2.31. The summed E-state index contributed by atoms with van der Waals surface area (Å²) in [5, 5.41) is 14.3. The Labute approximate surface area is 130 Å². The Morgan fingerprint density at radius 3 is 3.00 bits per heavy atom. The van der Waals surface area contributed by atoms with Crippen molar-refractivity contribution in [2.45, 2.75) is 38.5 Å². The Morgan fingerprint density at radius 1 is 1.41 bits per heavy atom. The van der Waals surface area contributed by atoms with Crippen LogP contribution in [-0.2, 0) is 13.0 Å². The number of aliphatic hydroxyl groups excluding tert-OH is 1. The van der Waals surface area contributed by atoms with Gasteiger partial charge in [0.2, 0.25) is 0 Å².